The second-order valence-corrected chi connectivity index (χ2v) is 4.41. The van der Waals surface area contributed by atoms with Crippen molar-refractivity contribution in [1.82, 2.24) is 9.55 Å². The molecule has 2 aromatic rings. The van der Waals surface area contributed by atoms with E-state index in [2.05, 4.69) is 10.3 Å². The van der Waals surface area contributed by atoms with Crippen molar-refractivity contribution < 1.29 is 4.74 Å². The molecule has 2 rings (SSSR count). The number of nitrogens with zero attached hydrogens (tertiary/aromatic N) is 1. The minimum absolute atomic E-state index is 0.333. The van der Waals surface area contributed by atoms with E-state index in [-0.39, 0.29) is 5.56 Å². The second-order valence-electron chi connectivity index (χ2n) is 4.41. The van der Waals surface area contributed by atoms with E-state index in [9.17, 15) is 9.59 Å². The lowest BCUT2D eigenvalue weighted by atomic mass is 10.1. The monoisotopic (exact) mass is 275 g/mol. The topological polar surface area (TPSA) is 76.1 Å². The van der Waals surface area contributed by atoms with Gasteiger partial charge in [0.2, 0.25) is 0 Å². The van der Waals surface area contributed by atoms with Gasteiger partial charge < -0.3 is 10.1 Å². The Morgan fingerprint density at radius 1 is 1.25 bits per heavy atom. The first kappa shape index (κ1) is 13.9. The normalized spacial score (nSPS) is 10.3. The van der Waals surface area contributed by atoms with Gasteiger partial charge >= 0.3 is 5.69 Å². The zero-order chi connectivity index (χ0) is 14.5. The lowest BCUT2D eigenvalue weighted by Gasteiger charge is -2.07. The molecule has 0 aliphatic carbocycles. The Bertz CT molecular complexity index is 655. The number of hydrogen-bond donors (Lipinski definition) is 2. The number of nitrogens with one attached hydrogen (secondary N) is 2. The van der Waals surface area contributed by atoms with Gasteiger partial charge in [-0.15, -0.1) is 0 Å². The molecule has 1 aromatic heterocycles. The van der Waals surface area contributed by atoms with Crippen LogP contribution < -0.4 is 21.3 Å². The van der Waals surface area contributed by atoms with Crippen LogP contribution >= 0.6 is 0 Å². The Balaban J connectivity index is 1.95. The third-order valence-corrected chi connectivity index (χ3v) is 3.03. The molecule has 0 aliphatic heterocycles. The van der Waals surface area contributed by atoms with Gasteiger partial charge in [-0.2, -0.15) is 0 Å². The van der Waals surface area contributed by atoms with Crippen molar-refractivity contribution in [1.29, 1.82) is 0 Å². The predicted molar refractivity (Wildman–Crippen MR) is 77.5 cm³/mol. The Kier molecular flexibility index (Phi) is 4.24. The summed E-state index contributed by atoms with van der Waals surface area (Å²) in [6.07, 6.45) is 0.779. The van der Waals surface area contributed by atoms with Crippen LogP contribution in [0.15, 0.2) is 39.9 Å². The molecule has 1 aromatic carbocycles. The van der Waals surface area contributed by atoms with Gasteiger partial charge in [0.15, 0.2) is 0 Å². The first-order valence-corrected chi connectivity index (χ1v) is 6.27. The lowest BCUT2D eigenvalue weighted by Crippen LogP contribution is -2.32. The van der Waals surface area contributed by atoms with E-state index in [4.69, 9.17) is 4.74 Å². The number of H-pyrrole nitrogens is 1. The van der Waals surface area contributed by atoms with Crippen LogP contribution in [0.4, 0.5) is 5.82 Å². The maximum Gasteiger partial charge on any atom is 0.329 e. The van der Waals surface area contributed by atoms with Gasteiger partial charge in [-0.3, -0.25) is 14.3 Å². The molecule has 1 heterocycles. The van der Waals surface area contributed by atoms with E-state index in [0.717, 1.165) is 22.3 Å². The van der Waals surface area contributed by atoms with Crippen LogP contribution in [0.2, 0.25) is 0 Å². The summed E-state index contributed by atoms with van der Waals surface area (Å²) in [5.41, 5.74) is 0.384. The third kappa shape index (κ3) is 3.28. The molecule has 0 atom stereocenters. The van der Waals surface area contributed by atoms with Crippen molar-refractivity contribution in [2.24, 2.45) is 7.05 Å². The molecule has 0 saturated heterocycles. The first-order valence-electron chi connectivity index (χ1n) is 6.27. The van der Waals surface area contributed by atoms with Gasteiger partial charge in [-0.1, -0.05) is 12.1 Å². The summed E-state index contributed by atoms with van der Waals surface area (Å²) in [7, 11) is 3.06. The van der Waals surface area contributed by atoms with Gasteiger partial charge in [-0.05, 0) is 24.1 Å². The van der Waals surface area contributed by atoms with Crippen molar-refractivity contribution in [2.45, 2.75) is 6.42 Å². The zero-order valence-electron chi connectivity index (χ0n) is 11.5. The molecule has 0 spiro atoms. The number of aromatic amines is 1. The highest BCUT2D eigenvalue weighted by molar-refractivity contribution is 5.33. The molecule has 0 unspecified atom stereocenters. The molecule has 20 heavy (non-hydrogen) atoms. The molecule has 0 fully saturated rings. The summed E-state index contributed by atoms with van der Waals surface area (Å²) in [4.78, 5) is 25.5. The van der Waals surface area contributed by atoms with Gasteiger partial charge in [0.1, 0.15) is 11.6 Å². The van der Waals surface area contributed by atoms with Gasteiger partial charge in [0.05, 0.1) is 7.11 Å². The quantitative estimate of drug-likeness (QED) is 0.843. The van der Waals surface area contributed by atoms with E-state index in [0.29, 0.717) is 12.4 Å². The molecule has 106 valence electrons. The highest BCUT2D eigenvalue weighted by Gasteiger charge is 2.00. The Morgan fingerprint density at radius 3 is 2.55 bits per heavy atom. The third-order valence-electron chi connectivity index (χ3n) is 3.03. The predicted octanol–water partition coefficient (Wildman–Crippen LogP) is 0.737. The maximum atomic E-state index is 11.5. The number of aromatic nitrogens is 2. The molecular formula is C14H17N3O3. The fourth-order valence-corrected chi connectivity index (χ4v) is 1.78. The van der Waals surface area contributed by atoms with Gasteiger partial charge in [-0.25, -0.2) is 4.79 Å². The standard InChI is InChI=1S/C14H17N3O3/c1-17-13(18)9-12(16-14(17)19)15-8-7-10-3-5-11(20-2)6-4-10/h3-6,9,15H,7-8H2,1-2H3,(H,16,19). The summed E-state index contributed by atoms with van der Waals surface area (Å²) < 4.78 is 6.11. The summed E-state index contributed by atoms with van der Waals surface area (Å²) in [5.74, 6) is 1.25. The fraction of sp³-hybridized carbons (Fsp3) is 0.286. The number of rotatable bonds is 5. The van der Waals surface area contributed by atoms with E-state index in [1.165, 1.54) is 13.1 Å². The number of ether oxygens (including phenoxy) is 1. The molecule has 6 nitrogen and oxygen atoms in total. The Labute approximate surface area is 116 Å². The molecule has 0 amide bonds. The molecule has 0 bridgehead atoms. The Hall–Kier alpha value is -2.50. The highest BCUT2D eigenvalue weighted by atomic mass is 16.5. The minimum Gasteiger partial charge on any atom is -0.497 e. The van der Waals surface area contributed by atoms with Crippen LogP contribution in [-0.2, 0) is 13.5 Å². The molecule has 0 aliphatic rings. The van der Waals surface area contributed by atoms with E-state index in [1.54, 1.807) is 7.11 Å². The smallest absolute Gasteiger partial charge is 0.329 e. The van der Waals surface area contributed by atoms with Crippen LogP contribution in [0.3, 0.4) is 0 Å². The summed E-state index contributed by atoms with van der Waals surface area (Å²) >= 11 is 0. The summed E-state index contributed by atoms with van der Waals surface area (Å²) in [6, 6.07) is 9.13. The lowest BCUT2D eigenvalue weighted by molar-refractivity contribution is 0.414. The molecule has 0 radical (unpaired) electrons. The number of methoxy groups -OCH3 is 1. The number of hydrogen-bond acceptors (Lipinski definition) is 4. The van der Waals surface area contributed by atoms with Crippen molar-refractivity contribution in [3.63, 3.8) is 0 Å². The zero-order valence-corrected chi connectivity index (χ0v) is 11.5. The average Bonchev–Trinajstić information content (AvgIpc) is 2.45. The molecular weight excluding hydrogens is 258 g/mol. The number of benzene rings is 1. The van der Waals surface area contributed by atoms with Crippen LogP contribution in [0.5, 0.6) is 5.75 Å². The average molecular weight is 275 g/mol. The van der Waals surface area contributed by atoms with Crippen LogP contribution in [-0.4, -0.2) is 23.2 Å². The molecule has 6 heteroatoms. The van der Waals surface area contributed by atoms with Crippen LogP contribution in [0.1, 0.15) is 5.56 Å². The van der Waals surface area contributed by atoms with Crippen molar-refractivity contribution in [2.75, 3.05) is 19.0 Å². The van der Waals surface area contributed by atoms with Gasteiger partial charge in [0, 0.05) is 19.7 Å². The van der Waals surface area contributed by atoms with Crippen molar-refractivity contribution in [3.05, 3.63) is 56.7 Å². The first-order chi connectivity index (χ1) is 9.60. The van der Waals surface area contributed by atoms with Crippen LogP contribution in [0, 0.1) is 0 Å². The summed E-state index contributed by atoms with van der Waals surface area (Å²) in [6.45, 7) is 0.620. The maximum absolute atomic E-state index is 11.5. The molecule has 2 N–H and O–H groups in total. The van der Waals surface area contributed by atoms with Crippen molar-refractivity contribution >= 4 is 5.82 Å². The van der Waals surface area contributed by atoms with Gasteiger partial charge in [0.25, 0.3) is 5.56 Å². The minimum atomic E-state index is -0.426. The SMILES string of the molecule is COc1ccc(CCNc2cc(=O)n(C)c(=O)[nH]2)cc1. The largest absolute Gasteiger partial charge is 0.497 e. The molecule has 0 saturated carbocycles. The second kappa shape index (κ2) is 6.10. The Morgan fingerprint density at radius 2 is 1.95 bits per heavy atom. The van der Waals surface area contributed by atoms with Crippen LogP contribution in [0.25, 0.3) is 0 Å². The van der Waals surface area contributed by atoms with E-state index >= 15 is 0 Å². The van der Waals surface area contributed by atoms with E-state index < -0.39 is 5.69 Å². The van der Waals surface area contributed by atoms with Crippen molar-refractivity contribution in [3.8, 4) is 5.75 Å². The summed E-state index contributed by atoms with van der Waals surface area (Å²) in [5, 5.41) is 3.03. The number of anilines is 1. The fourth-order valence-electron chi connectivity index (χ4n) is 1.78. The van der Waals surface area contributed by atoms with E-state index in [1.807, 2.05) is 24.3 Å². The highest BCUT2D eigenvalue weighted by Crippen LogP contribution is 2.11.